The van der Waals surface area contributed by atoms with Gasteiger partial charge in [-0.1, -0.05) is 59.3 Å². The first-order valence-electron chi connectivity index (χ1n) is 24.2. The number of carbonyl (C=O) groups is 1. The van der Waals surface area contributed by atoms with Crippen molar-refractivity contribution in [3.63, 3.8) is 0 Å². The summed E-state index contributed by atoms with van der Waals surface area (Å²) in [6.45, 7) is 17.6. The molecule has 0 bridgehead atoms. The quantitative estimate of drug-likeness (QED) is 0.119. The Morgan fingerprint density at radius 3 is 1.95 bits per heavy atom. The molecule has 0 aromatic heterocycles. The van der Waals surface area contributed by atoms with Gasteiger partial charge in [0.1, 0.15) is 67.1 Å². The van der Waals surface area contributed by atoms with E-state index in [1.165, 1.54) is 6.92 Å². The monoisotopic (exact) mass is 941 g/mol. The van der Waals surface area contributed by atoms with Gasteiger partial charge in [0.05, 0.1) is 31.0 Å². The Morgan fingerprint density at radius 1 is 0.727 bits per heavy atom. The van der Waals surface area contributed by atoms with Crippen LogP contribution in [0.1, 0.15) is 107 Å². The van der Waals surface area contributed by atoms with Crippen molar-refractivity contribution in [2.24, 2.45) is 45.3 Å². The van der Waals surface area contributed by atoms with E-state index in [2.05, 4.69) is 53.7 Å². The fourth-order valence-corrected chi connectivity index (χ4v) is 13.7. The molecule has 66 heavy (non-hydrogen) atoms. The number of ketones is 1. The third kappa shape index (κ3) is 8.85. The van der Waals surface area contributed by atoms with E-state index < -0.39 is 117 Å². The van der Waals surface area contributed by atoms with Gasteiger partial charge in [-0.3, -0.25) is 4.79 Å². The van der Waals surface area contributed by atoms with Gasteiger partial charge in [0.15, 0.2) is 24.7 Å². The van der Waals surface area contributed by atoms with E-state index in [1.807, 2.05) is 19.9 Å². The molecule has 6 fully saturated rings. The molecule has 0 aromatic carbocycles. The molecule has 17 nitrogen and oxygen atoms in total. The average molecular weight is 941 g/mol. The van der Waals surface area contributed by atoms with Gasteiger partial charge in [0.25, 0.3) is 0 Å². The summed E-state index contributed by atoms with van der Waals surface area (Å²) in [4.78, 5) is 15.0. The second-order valence-corrected chi connectivity index (χ2v) is 22.6. The predicted octanol–water partition coefficient (Wildman–Crippen LogP) is 1.64. The van der Waals surface area contributed by atoms with Crippen LogP contribution in [0.15, 0.2) is 23.8 Å². The van der Waals surface area contributed by atoms with Gasteiger partial charge >= 0.3 is 0 Å². The number of hydrogen-bond acceptors (Lipinski definition) is 17. The summed E-state index contributed by atoms with van der Waals surface area (Å²) in [6.07, 6.45) is -12.3. The van der Waals surface area contributed by atoms with Crippen LogP contribution in [0.4, 0.5) is 0 Å². The highest BCUT2D eigenvalue weighted by Gasteiger charge is 2.70. The van der Waals surface area contributed by atoms with Crippen molar-refractivity contribution in [1.82, 2.24) is 0 Å². The number of aliphatic hydroxyl groups excluding tert-OH is 9. The van der Waals surface area contributed by atoms with Crippen molar-refractivity contribution in [3.8, 4) is 0 Å². The van der Waals surface area contributed by atoms with E-state index in [1.54, 1.807) is 7.11 Å². The Kier molecular flexibility index (Phi) is 15.3. The Balaban J connectivity index is 1.17. The van der Waals surface area contributed by atoms with E-state index >= 15 is 0 Å². The van der Waals surface area contributed by atoms with Crippen LogP contribution in [0.5, 0.6) is 0 Å². The molecule has 7 rings (SSSR count). The minimum absolute atomic E-state index is 0.0328. The SMILES string of the molecule is COC(C)(C)/C=C/C[C@@H](C)[C@H]1CC[C@@]2(C)[C@@H]3C(=O)C=C4[C@H](CC[C@H](O[C@@H]5O[C@H](CO)[C@@H](O)[C@H](O[C@@H]6O[C@H](CO)[C@@H](O)[C@H](O)[C@H]6O)[C@H]5O[C@@H]5O[C@@H](C)[C@H](O)[C@@H](O)[C@H]5O)C4(C)C)[C@]3(C)CC[C@]12C. The van der Waals surface area contributed by atoms with Crippen molar-refractivity contribution in [1.29, 1.82) is 0 Å². The molecule has 0 unspecified atom stereocenters. The van der Waals surface area contributed by atoms with Crippen molar-refractivity contribution in [3.05, 3.63) is 23.8 Å². The second-order valence-electron chi connectivity index (χ2n) is 22.6. The van der Waals surface area contributed by atoms with Crippen molar-refractivity contribution in [2.45, 2.75) is 211 Å². The molecule has 378 valence electrons. The van der Waals surface area contributed by atoms with Gasteiger partial charge in [0, 0.05) is 18.4 Å². The zero-order chi connectivity index (χ0) is 48.6. The number of allylic oxidation sites excluding steroid dienone is 2. The van der Waals surface area contributed by atoms with Gasteiger partial charge in [-0.25, -0.2) is 0 Å². The number of aliphatic hydroxyl groups is 9. The fraction of sp³-hybridized carbons (Fsp3) is 0.898. The summed E-state index contributed by atoms with van der Waals surface area (Å²) in [6, 6.07) is 0. The molecule has 9 N–H and O–H groups in total. The molecular weight excluding hydrogens is 861 g/mol. The highest BCUT2D eigenvalue weighted by molar-refractivity contribution is 5.95. The van der Waals surface area contributed by atoms with E-state index in [0.29, 0.717) is 24.7 Å². The van der Waals surface area contributed by atoms with Crippen LogP contribution in [0.3, 0.4) is 0 Å². The minimum Gasteiger partial charge on any atom is -0.394 e. The zero-order valence-electron chi connectivity index (χ0n) is 40.4. The van der Waals surface area contributed by atoms with E-state index in [9.17, 15) is 50.8 Å². The van der Waals surface area contributed by atoms with Crippen LogP contribution in [0.2, 0.25) is 0 Å². The maximum absolute atomic E-state index is 15.0. The Hall–Kier alpha value is -1.49. The number of methoxy groups -OCH3 is 1. The summed E-state index contributed by atoms with van der Waals surface area (Å²) in [7, 11) is 1.72. The van der Waals surface area contributed by atoms with E-state index in [4.69, 9.17) is 33.2 Å². The summed E-state index contributed by atoms with van der Waals surface area (Å²) >= 11 is 0. The van der Waals surface area contributed by atoms with Gasteiger partial charge in [-0.2, -0.15) is 0 Å². The highest BCUT2D eigenvalue weighted by Crippen LogP contribution is 2.74. The van der Waals surface area contributed by atoms with Crippen LogP contribution >= 0.6 is 0 Å². The summed E-state index contributed by atoms with van der Waals surface area (Å²) in [5, 5.41) is 96.4. The number of ether oxygens (including phenoxy) is 7. The van der Waals surface area contributed by atoms with Gasteiger partial charge < -0.3 is 79.1 Å². The third-order valence-electron chi connectivity index (χ3n) is 18.2. The maximum Gasteiger partial charge on any atom is 0.187 e. The van der Waals surface area contributed by atoms with Crippen LogP contribution < -0.4 is 0 Å². The normalized spacial score (nSPS) is 50.1. The lowest BCUT2D eigenvalue weighted by Crippen LogP contribution is -2.67. The lowest BCUT2D eigenvalue weighted by Gasteiger charge is -2.65. The van der Waals surface area contributed by atoms with Crippen molar-refractivity contribution >= 4 is 5.78 Å². The summed E-state index contributed by atoms with van der Waals surface area (Å²) < 4.78 is 42.6. The van der Waals surface area contributed by atoms with Crippen LogP contribution in [-0.4, -0.2) is 176 Å². The predicted molar refractivity (Wildman–Crippen MR) is 236 cm³/mol. The van der Waals surface area contributed by atoms with Crippen molar-refractivity contribution in [2.75, 3.05) is 20.3 Å². The molecular formula is C49H80O17. The third-order valence-corrected chi connectivity index (χ3v) is 18.2. The van der Waals surface area contributed by atoms with Gasteiger partial charge in [-0.05, 0) is 106 Å². The van der Waals surface area contributed by atoms with E-state index in [0.717, 1.165) is 37.7 Å². The maximum atomic E-state index is 15.0. The highest BCUT2D eigenvalue weighted by atomic mass is 16.8. The standard InChI is InChI=1S/C49H80O17/c1-23(12-11-16-45(3,4)60-10)25-15-17-49(9)41-28(52)20-27-26(47(41,7)18-19-48(25,49)8)13-14-31(46(27,5)6)64-44-40(66-42-37(58)35(56)32(53)24(2)61-42)39(34(55)30(22-51)63-44)65-43-38(59)36(57)33(54)29(21-50)62-43/h11,16,20,23-26,29-44,50-51,53-59H,12-15,17-19,21-22H2,1-10H3/b16-11+/t23-,24+,25-,26+,29-,30-,31+,32+,33-,34-,35-,36+,37-,38-,39+,40-,41-,42+,43+,44+,47+,48-,49+/m1/s1. The van der Waals surface area contributed by atoms with Gasteiger partial charge in [0.2, 0.25) is 0 Å². The van der Waals surface area contributed by atoms with Crippen LogP contribution in [0.25, 0.3) is 0 Å². The van der Waals surface area contributed by atoms with Gasteiger partial charge in [-0.15, -0.1) is 0 Å². The summed E-state index contributed by atoms with van der Waals surface area (Å²) in [5.41, 5.74) is -0.704. The van der Waals surface area contributed by atoms with E-state index in [-0.39, 0.29) is 39.5 Å². The Morgan fingerprint density at radius 2 is 1.32 bits per heavy atom. The smallest absolute Gasteiger partial charge is 0.187 e. The molecule has 0 amide bonds. The lowest BCUT2D eigenvalue weighted by molar-refractivity contribution is -0.396. The zero-order valence-corrected chi connectivity index (χ0v) is 40.4. The molecule has 17 heteroatoms. The summed E-state index contributed by atoms with van der Waals surface area (Å²) in [5.74, 6) is 0.915. The molecule has 3 aliphatic heterocycles. The first-order valence-corrected chi connectivity index (χ1v) is 24.2. The number of fused-ring (bicyclic) bond motifs is 5. The largest absolute Gasteiger partial charge is 0.394 e. The molecule has 0 radical (unpaired) electrons. The fourth-order valence-electron chi connectivity index (χ4n) is 13.7. The first-order chi connectivity index (χ1) is 30.8. The Labute approximate surface area is 389 Å². The van der Waals surface area contributed by atoms with Crippen LogP contribution in [0, 0.1) is 45.3 Å². The Bertz CT molecular complexity index is 1770. The second kappa shape index (κ2) is 19.3. The minimum atomic E-state index is -1.89. The molecule has 4 aliphatic carbocycles. The number of hydrogen-bond donors (Lipinski definition) is 9. The number of rotatable bonds is 13. The lowest BCUT2D eigenvalue weighted by atomic mass is 9.39. The average Bonchev–Trinajstić information content (AvgIpc) is 3.54. The molecule has 0 spiro atoms. The molecule has 3 saturated carbocycles. The topological polar surface area (TPSA) is 264 Å². The molecule has 23 atom stereocenters. The first kappa shape index (κ1) is 52.3. The van der Waals surface area contributed by atoms with Crippen molar-refractivity contribution < 1.29 is 83.9 Å². The van der Waals surface area contributed by atoms with Crippen LogP contribution in [-0.2, 0) is 38.0 Å². The molecule has 7 aliphatic rings. The molecule has 0 aromatic rings. The molecule has 3 saturated heterocycles. The molecule has 3 heterocycles. The number of carbonyl (C=O) groups excluding carboxylic acids is 1.